The molecule has 1 N–H and O–H groups in total. The molecule has 8 rings (SSSR count). The minimum Gasteiger partial charge on any atom is -0.497 e. The van der Waals surface area contributed by atoms with Crippen LogP contribution in [0.15, 0.2) is 66.9 Å². The fourth-order valence-corrected chi connectivity index (χ4v) is 9.35. The second-order valence-electron chi connectivity index (χ2n) is 17.9. The Bertz CT molecular complexity index is 2580. The summed E-state index contributed by atoms with van der Waals surface area (Å²) < 4.78 is 105. The number of carbonyl (C=O) groups excluding carboxylic acids is 2. The lowest BCUT2D eigenvalue weighted by molar-refractivity contribution is -0.137. The number of ether oxygens (including phenoxy) is 4. The van der Waals surface area contributed by atoms with Gasteiger partial charge in [-0.2, -0.15) is 18.3 Å². The average molecular weight is 918 g/mol. The summed E-state index contributed by atoms with van der Waals surface area (Å²) in [5.74, 6) is -2.43. The summed E-state index contributed by atoms with van der Waals surface area (Å²) >= 11 is 0. The van der Waals surface area contributed by atoms with Crippen LogP contribution in [0.2, 0.25) is 0 Å². The Morgan fingerprint density at radius 1 is 0.939 bits per heavy atom. The Hall–Kier alpha value is -6.59. The number of aryl methyl sites for hydroxylation is 1. The first-order valence-corrected chi connectivity index (χ1v) is 21.6. The summed E-state index contributed by atoms with van der Waals surface area (Å²) in [7, 11) is 4.71. The van der Waals surface area contributed by atoms with Gasteiger partial charge in [-0.3, -0.25) is 14.4 Å². The number of nitrogens with zero attached hydrogens (tertiary/aromatic N) is 6. The standard InChI is InChI=1S/C48H52F5N7O6/c1-26-38(48(51,52)53)34(21-36(39(26)49)58(23-28-9-14-32(63-7)15-10-28)24-29-11-16-33(64-8)17-12-29)41-40(50)42(54-22-30-19-20-57(6)56-30)37-44(55-41)65-27(2)43-35-18-13-31(25-59(43)45(37)61)60(35)46(62)66-47(3,4)5/h9-12,14-17,19-21,27,31,35,43H,13,18,22-25H2,1-8H3,(H,54,55)/t27-,31+,35-,43+/m0/s1. The van der Waals surface area contributed by atoms with Gasteiger partial charge in [0.15, 0.2) is 5.82 Å². The molecule has 66 heavy (non-hydrogen) atoms. The van der Waals surface area contributed by atoms with E-state index in [9.17, 15) is 9.59 Å². The topological polar surface area (TPSA) is 124 Å². The van der Waals surface area contributed by atoms with Crippen LogP contribution in [-0.4, -0.2) is 87.2 Å². The first-order valence-electron chi connectivity index (χ1n) is 21.6. The number of aromatic nitrogens is 3. The molecule has 5 heterocycles. The van der Waals surface area contributed by atoms with Gasteiger partial charge in [-0.1, -0.05) is 24.3 Å². The van der Waals surface area contributed by atoms with Crippen molar-refractivity contribution in [2.24, 2.45) is 7.05 Å². The van der Waals surface area contributed by atoms with Crippen molar-refractivity contribution in [3.63, 3.8) is 0 Å². The molecule has 0 unspecified atom stereocenters. The molecule has 2 aromatic heterocycles. The van der Waals surface area contributed by atoms with E-state index in [-0.39, 0.29) is 37.4 Å². The van der Waals surface area contributed by atoms with Crippen molar-refractivity contribution in [2.75, 3.05) is 31.0 Å². The van der Waals surface area contributed by atoms with Crippen molar-refractivity contribution in [3.05, 3.63) is 112 Å². The molecule has 13 nitrogen and oxygen atoms in total. The predicted molar refractivity (Wildman–Crippen MR) is 236 cm³/mol. The van der Waals surface area contributed by atoms with Crippen LogP contribution in [0.4, 0.5) is 38.1 Å². The van der Waals surface area contributed by atoms with E-state index in [0.29, 0.717) is 41.2 Å². The maximum atomic E-state index is 17.8. The number of hydrogen-bond donors (Lipinski definition) is 1. The summed E-state index contributed by atoms with van der Waals surface area (Å²) in [5.41, 5.74) is -3.90. The van der Waals surface area contributed by atoms with E-state index in [0.717, 1.165) is 13.0 Å². The highest BCUT2D eigenvalue weighted by atomic mass is 19.4. The second-order valence-corrected chi connectivity index (χ2v) is 17.9. The molecule has 2 bridgehead atoms. The SMILES string of the molecule is COc1ccc(CN(Cc2ccc(OC)cc2)c2cc(-c3nc4c(c(NCc5ccn(C)n5)c3F)C(=O)N3C[C@H]5CC[C@@H]([C@H]3[C@H](C)O4)N5C(=O)OC(C)(C)C)c(C(F)(F)F)c(C)c2F)cc1. The Kier molecular flexibility index (Phi) is 12.3. The number of anilines is 2. The van der Waals surface area contributed by atoms with Crippen LogP contribution in [0.5, 0.6) is 17.4 Å². The Morgan fingerprint density at radius 2 is 1.56 bits per heavy atom. The minimum atomic E-state index is -5.20. The molecule has 2 fully saturated rings. The van der Waals surface area contributed by atoms with Gasteiger partial charge >= 0.3 is 12.3 Å². The van der Waals surface area contributed by atoms with Gasteiger partial charge in [-0.25, -0.2) is 18.6 Å². The van der Waals surface area contributed by atoms with Crippen molar-refractivity contribution < 1.29 is 50.5 Å². The largest absolute Gasteiger partial charge is 0.497 e. The van der Waals surface area contributed by atoms with Crippen LogP contribution >= 0.6 is 0 Å². The van der Waals surface area contributed by atoms with E-state index in [4.69, 9.17) is 18.9 Å². The second kappa shape index (κ2) is 17.7. The molecule has 0 aliphatic carbocycles. The number of fused-ring (bicyclic) bond motifs is 5. The minimum absolute atomic E-state index is 0.0169. The van der Waals surface area contributed by atoms with Crippen molar-refractivity contribution in [3.8, 4) is 28.6 Å². The Labute approximate surface area is 379 Å². The van der Waals surface area contributed by atoms with Crippen LogP contribution < -0.4 is 24.4 Å². The lowest BCUT2D eigenvalue weighted by atomic mass is 9.94. The van der Waals surface area contributed by atoms with Crippen molar-refractivity contribution in [1.29, 1.82) is 0 Å². The highest BCUT2D eigenvalue weighted by Gasteiger charge is 2.55. The lowest BCUT2D eigenvalue weighted by Crippen LogP contribution is -2.65. The molecule has 350 valence electrons. The summed E-state index contributed by atoms with van der Waals surface area (Å²) in [6, 6.07) is 14.8. The van der Waals surface area contributed by atoms with E-state index < -0.39 is 93.6 Å². The number of amides is 2. The zero-order valence-electron chi connectivity index (χ0n) is 37.9. The molecule has 2 saturated heterocycles. The monoisotopic (exact) mass is 917 g/mol. The molecule has 5 aromatic rings. The fourth-order valence-electron chi connectivity index (χ4n) is 9.35. The number of pyridine rings is 1. The summed E-state index contributed by atoms with van der Waals surface area (Å²) in [6.45, 7) is 7.90. The van der Waals surface area contributed by atoms with Crippen LogP contribution in [0.3, 0.4) is 0 Å². The van der Waals surface area contributed by atoms with Gasteiger partial charge in [0.2, 0.25) is 5.88 Å². The van der Waals surface area contributed by atoms with E-state index >= 15 is 22.0 Å². The molecule has 0 saturated carbocycles. The normalized spacial score (nSPS) is 19.1. The van der Waals surface area contributed by atoms with Gasteiger partial charge in [0.1, 0.15) is 40.3 Å². The first kappa shape index (κ1) is 46.0. The van der Waals surface area contributed by atoms with Gasteiger partial charge in [0, 0.05) is 38.4 Å². The van der Waals surface area contributed by atoms with Gasteiger partial charge in [0.25, 0.3) is 5.91 Å². The van der Waals surface area contributed by atoms with Crippen molar-refractivity contribution in [1.82, 2.24) is 24.6 Å². The van der Waals surface area contributed by atoms with Crippen molar-refractivity contribution in [2.45, 2.75) is 103 Å². The summed E-state index contributed by atoms with van der Waals surface area (Å²) in [5, 5.41) is 7.32. The van der Waals surface area contributed by atoms with E-state index in [2.05, 4.69) is 15.4 Å². The number of nitrogens with one attached hydrogen (secondary N) is 1. The highest BCUT2D eigenvalue weighted by molar-refractivity contribution is 6.03. The maximum Gasteiger partial charge on any atom is 0.417 e. The molecule has 3 aliphatic rings. The molecule has 0 radical (unpaired) electrons. The number of piperazine rings is 1. The molecule has 0 spiro atoms. The Morgan fingerprint density at radius 3 is 2.11 bits per heavy atom. The van der Waals surface area contributed by atoms with E-state index in [1.807, 2.05) is 0 Å². The average Bonchev–Trinajstić information content (AvgIpc) is 3.80. The molecule has 3 aliphatic heterocycles. The highest BCUT2D eigenvalue weighted by Crippen LogP contribution is 2.48. The summed E-state index contributed by atoms with van der Waals surface area (Å²) in [4.78, 5) is 37.8. The zero-order valence-corrected chi connectivity index (χ0v) is 37.9. The molecule has 2 amide bonds. The smallest absolute Gasteiger partial charge is 0.417 e. The van der Waals surface area contributed by atoms with Gasteiger partial charge in [0.05, 0.1) is 61.5 Å². The third kappa shape index (κ3) is 8.88. The van der Waals surface area contributed by atoms with Gasteiger partial charge < -0.3 is 34.1 Å². The summed E-state index contributed by atoms with van der Waals surface area (Å²) in [6.07, 6.45) is -3.90. The first-order chi connectivity index (χ1) is 31.3. The molecular weight excluding hydrogens is 866 g/mol. The number of hydrogen-bond acceptors (Lipinski definition) is 10. The number of carbonyl (C=O) groups is 2. The van der Waals surface area contributed by atoms with Crippen LogP contribution in [0.25, 0.3) is 11.3 Å². The van der Waals surface area contributed by atoms with Gasteiger partial charge in [-0.15, -0.1) is 0 Å². The maximum absolute atomic E-state index is 17.8. The number of alkyl halides is 3. The number of halogens is 5. The molecular formula is C48H52F5N7O6. The fraction of sp³-hybridized carbons (Fsp3) is 0.417. The third-order valence-corrected chi connectivity index (χ3v) is 12.3. The lowest BCUT2D eigenvalue weighted by Gasteiger charge is -2.47. The number of methoxy groups -OCH3 is 2. The molecule has 3 aromatic carbocycles. The van der Waals surface area contributed by atoms with Crippen LogP contribution in [0.1, 0.15) is 78.8 Å². The van der Waals surface area contributed by atoms with Crippen LogP contribution in [0, 0.1) is 18.6 Å². The van der Waals surface area contributed by atoms with Crippen LogP contribution in [-0.2, 0) is 37.6 Å². The van der Waals surface area contributed by atoms with E-state index in [1.54, 1.807) is 110 Å². The predicted octanol–water partition coefficient (Wildman–Crippen LogP) is 9.30. The molecule has 4 atom stereocenters. The van der Waals surface area contributed by atoms with Crippen molar-refractivity contribution >= 4 is 23.4 Å². The zero-order chi connectivity index (χ0) is 47.4. The number of rotatable bonds is 11. The number of benzene rings is 3. The molecule has 18 heteroatoms. The third-order valence-electron chi connectivity index (χ3n) is 12.3. The van der Waals surface area contributed by atoms with Gasteiger partial charge in [-0.05, 0) is 101 Å². The quantitative estimate of drug-likeness (QED) is 0.128. The Balaban J connectivity index is 1.30. The van der Waals surface area contributed by atoms with E-state index in [1.165, 1.54) is 18.9 Å².